The highest BCUT2D eigenvalue weighted by molar-refractivity contribution is 7.14. The molecule has 0 amide bonds. The van der Waals surface area contributed by atoms with Crippen molar-refractivity contribution >= 4 is 11.3 Å². The van der Waals surface area contributed by atoms with E-state index >= 15 is 0 Å². The Labute approximate surface area is 125 Å². The summed E-state index contributed by atoms with van der Waals surface area (Å²) in [6.45, 7) is 3.45. The molecule has 0 saturated carbocycles. The molecule has 1 N–H and O–H groups in total. The van der Waals surface area contributed by atoms with E-state index in [-0.39, 0.29) is 11.3 Å². The predicted octanol–water partition coefficient (Wildman–Crippen LogP) is 4.33. The standard InChI is InChI=1S/C16H13FN2OS/c1-9-14(17)8-7-12(15(9)20)11-5-3-4-6-13(11)16-19-18-10(2)21-16/h3-8,20H,1-2H3. The Morgan fingerprint density at radius 1 is 0.952 bits per heavy atom. The van der Waals surface area contributed by atoms with Crippen LogP contribution in [0, 0.1) is 19.7 Å². The molecule has 0 aliphatic carbocycles. The fourth-order valence-corrected chi connectivity index (χ4v) is 2.93. The molecule has 0 aliphatic rings. The third kappa shape index (κ3) is 2.40. The van der Waals surface area contributed by atoms with Gasteiger partial charge in [-0.25, -0.2) is 4.39 Å². The first-order valence-corrected chi connectivity index (χ1v) is 7.27. The lowest BCUT2D eigenvalue weighted by Crippen LogP contribution is -1.89. The van der Waals surface area contributed by atoms with Crippen LogP contribution in [0.4, 0.5) is 4.39 Å². The van der Waals surface area contributed by atoms with Gasteiger partial charge in [0.05, 0.1) is 0 Å². The Morgan fingerprint density at radius 3 is 2.33 bits per heavy atom. The number of phenolic OH excluding ortho intramolecular Hbond substituents is 1. The first-order chi connectivity index (χ1) is 10.1. The minimum Gasteiger partial charge on any atom is -0.507 e. The zero-order chi connectivity index (χ0) is 15.0. The molecule has 0 saturated heterocycles. The molecule has 3 nitrogen and oxygen atoms in total. The maximum atomic E-state index is 13.5. The summed E-state index contributed by atoms with van der Waals surface area (Å²) in [6.07, 6.45) is 0. The van der Waals surface area contributed by atoms with E-state index in [2.05, 4.69) is 10.2 Å². The molecule has 5 heteroatoms. The number of rotatable bonds is 2. The summed E-state index contributed by atoms with van der Waals surface area (Å²) >= 11 is 1.48. The van der Waals surface area contributed by atoms with Crippen LogP contribution >= 0.6 is 11.3 Å². The molecule has 0 bridgehead atoms. The monoisotopic (exact) mass is 300 g/mol. The lowest BCUT2D eigenvalue weighted by molar-refractivity contribution is 0.465. The number of phenols is 1. The Kier molecular flexibility index (Phi) is 3.43. The lowest BCUT2D eigenvalue weighted by Gasteiger charge is -2.11. The summed E-state index contributed by atoms with van der Waals surface area (Å²) in [5.41, 5.74) is 2.53. The highest BCUT2D eigenvalue weighted by Gasteiger charge is 2.16. The SMILES string of the molecule is Cc1nnc(-c2ccccc2-c2ccc(F)c(C)c2O)s1. The molecular weight excluding hydrogens is 287 g/mol. The van der Waals surface area contributed by atoms with Gasteiger partial charge in [-0.15, -0.1) is 10.2 Å². The summed E-state index contributed by atoms with van der Waals surface area (Å²) in [5, 5.41) is 20.1. The molecule has 0 fully saturated rings. The van der Waals surface area contributed by atoms with Crippen molar-refractivity contribution in [2.45, 2.75) is 13.8 Å². The van der Waals surface area contributed by atoms with Crippen molar-refractivity contribution in [1.29, 1.82) is 0 Å². The van der Waals surface area contributed by atoms with E-state index < -0.39 is 5.82 Å². The molecule has 3 aromatic rings. The van der Waals surface area contributed by atoms with E-state index in [1.807, 2.05) is 31.2 Å². The van der Waals surface area contributed by atoms with Gasteiger partial charge in [0.15, 0.2) is 0 Å². The minimum absolute atomic E-state index is 0.0383. The topological polar surface area (TPSA) is 46.0 Å². The maximum Gasteiger partial charge on any atom is 0.148 e. The van der Waals surface area contributed by atoms with Crippen molar-refractivity contribution in [3.63, 3.8) is 0 Å². The zero-order valence-electron chi connectivity index (χ0n) is 11.6. The van der Waals surface area contributed by atoms with Crippen LogP contribution in [0.5, 0.6) is 5.75 Å². The van der Waals surface area contributed by atoms with Crippen LogP contribution in [0.15, 0.2) is 36.4 Å². The van der Waals surface area contributed by atoms with Crippen molar-refractivity contribution in [2.24, 2.45) is 0 Å². The molecule has 0 atom stereocenters. The first kappa shape index (κ1) is 13.7. The number of halogens is 1. The van der Waals surface area contributed by atoms with Crippen LogP contribution in [0.2, 0.25) is 0 Å². The van der Waals surface area contributed by atoms with Crippen LogP contribution in [0.1, 0.15) is 10.6 Å². The van der Waals surface area contributed by atoms with Crippen molar-refractivity contribution in [3.05, 3.63) is 52.8 Å². The smallest absolute Gasteiger partial charge is 0.148 e. The second-order valence-electron chi connectivity index (χ2n) is 4.74. The van der Waals surface area contributed by atoms with Crippen molar-refractivity contribution < 1.29 is 9.50 Å². The molecule has 1 aromatic heterocycles. The molecule has 1 heterocycles. The Hall–Kier alpha value is -2.27. The van der Waals surface area contributed by atoms with E-state index in [0.29, 0.717) is 5.56 Å². The summed E-state index contributed by atoms with van der Waals surface area (Å²) in [6, 6.07) is 10.6. The van der Waals surface area contributed by atoms with Crippen LogP contribution in [-0.2, 0) is 0 Å². The van der Waals surface area contributed by atoms with Crippen molar-refractivity contribution in [3.8, 4) is 27.4 Å². The summed E-state index contributed by atoms with van der Waals surface area (Å²) in [5.74, 6) is -0.454. The van der Waals surface area contributed by atoms with Gasteiger partial charge < -0.3 is 5.11 Å². The number of nitrogens with zero attached hydrogens (tertiary/aromatic N) is 2. The average molecular weight is 300 g/mol. The van der Waals surface area contributed by atoms with Crippen LogP contribution < -0.4 is 0 Å². The Morgan fingerprint density at radius 2 is 1.67 bits per heavy atom. The normalized spacial score (nSPS) is 10.8. The summed E-state index contributed by atoms with van der Waals surface area (Å²) in [7, 11) is 0. The van der Waals surface area contributed by atoms with Gasteiger partial charge in [0, 0.05) is 16.7 Å². The number of hydrogen-bond acceptors (Lipinski definition) is 4. The van der Waals surface area contributed by atoms with Gasteiger partial charge >= 0.3 is 0 Å². The number of benzene rings is 2. The van der Waals surface area contributed by atoms with Crippen LogP contribution in [-0.4, -0.2) is 15.3 Å². The minimum atomic E-state index is -0.416. The fourth-order valence-electron chi connectivity index (χ4n) is 2.20. The molecule has 21 heavy (non-hydrogen) atoms. The number of hydrogen-bond donors (Lipinski definition) is 1. The molecule has 0 aliphatic heterocycles. The van der Waals surface area contributed by atoms with Gasteiger partial charge in [-0.2, -0.15) is 0 Å². The van der Waals surface area contributed by atoms with Gasteiger partial charge in [0.25, 0.3) is 0 Å². The first-order valence-electron chi connectivity index (χ1n) is 6.46. The lowest BCUT2D eigenvalue weighted by atomic mass is 9.97. The van der Waals surface area contributed by atoms with Gasteiger partial charge in [-0.05, 0) is 31.5 Å². The Bertz CT molecular complexity index is 814. The Balaban J connectivity index is 2.23. The van der Waals surface area contributed by atoms with E-state index in [1.165, 1.54) is 17.4 Å². The summed E-state index contributed by atoms with van der Waals surface area (Å²) in [4.78, 5) is 0. The zero-order valence-corrected chi connectivity index (χ0v) is 12.4. The predicted molar refractivity (Wildman–Crippen MR) is 81.9 cm³/mol. The fraction of sp³-hybridized carbons (Fsp3) is 0.125. The maximum absolute atomic E-state index is 13.5. The van der Waals surface area contributed by atoms with E-state index in [1.54, 1.807) is 13.0 Å². The second-order valence-corrected chi connectivity index (χ2v) is 5.92. The number of aromatic hydroxyl groups is 1. The molecule has 2 aromatic carbocycles. The van der Waals surface area contributed by atoms with E-state index in [9.17, 15) is 9.50 Å². The van der Waals surface area contributed by atoms with Gasteiger partial charge in [0.2, 0.25) is 0 Å². The highest BCUT2D eigenvalue weighted by Crippen LogP contribution is 2.39. The van der Waals surface area contributed by atoms with Gasteiger partial charge in [-0.1, -0.05) is 35.6 Å². The van der Waals surface area contributed by atoms with Gasteiger partial charge in [-0.3, -0.25) is 0 Å². The molecule has 106 valence electrons. The van der Waals surface area contributed by atoms with Crippen molar-refractivity contribution in [2.75, 3.05) is 0 Å². The highest BCUT2D eigenvalue weighted by atomic mass is 32.1. The number of aryl methyl sites for hydroxylation is 1. The van der Waals surface area contributed by atoms with Crippen LogP contribution in [0.3, 0.4) is 0 Å². The third-order valence-corrected chi connectivity index (χ3v) is 4.21. The molecular formula is C16H13FN2OS. The molecule has 0 unspecified atom stereocenters. The number of aromatic nitrogens is 2. The molecule has 3 rings (SSSR count). The quantitative estimate of drug-likeness (QED) is 0.766. The van der Waals surface area contributed by atoms with Gasteiger partial charge in [0.1, 0.15) is 21.6 Å². The van der Waals surface area contributed by atoms with Crippen LogP contribution in [0.25, 0.3) is 21.7 Å². The summed E-state index contributed by atoms with van der Waals surface area (Å²) < 4.78 is 13.5. The van der Waals surface area contributed by atoms with Crippen molar-refractivity contribution in [1.82, 2.24) is 10.2 Å². The molecule has 0 spiro atoms. The van der Waals surface area contributed by atoms with E-state index in [0.717, 1.165) is 21.1 Å². The van der Waals surface area contributed by atoms with E-state index in [4.69, 9.17) is 0 Å². The molecule has 0 radical (unpaired) electrons. The average Bonchev–Trinajstić information content (AvgIpc) is 2.92. The largest absolute Gasteiger partial charge is 0.507 e. The third-order valence-electron chi connectivity index (χ3n) is 3.34. The second kappa shape index (κ2) is 5.26.